The number of benzene rings is 1. The van der Waals surface area contributed by atoms with Crippen LogP contribution in [0.1, 0.15) is 32.5 Å². The Morgan fingerprint density at radius 1 is 1.30 bits per heavy atom. The first-order valence-corrected chi connectivity index (χ1v) is 7.45. The minimum absolute atomic E-state index is 0.0222. The van der Waals surface area contributed by atoms with Gasteiger partial charge < -0.3 is 10.4 Å². The predicted octanol–water partition coefficient (Wildman–Crippen LogP) is 3.98. The van der Waals surface area contributed by atoms with E-state index in [0.29, 0.717) is 20.6 Å². The zero-order valence-corrected chi connectivity index (χ0v) is 13.3. The summed E-state index contributed by atoms with van der Waals surface area (Å²) in [5.41, 5.74) is 1.63. The summed E-state index contributed by atoms with van der Waals surface area (Å²) < 4.78 is 0.516. The molecule has 0 aliphatic heterocycles. The lowest BCUT2D eigenvalue weighted by Gasteiger charge is -2.09. The maximum absolute atomic E-state index is 12.1. The number of halogens is 1. The van der Waals surface area contributed by atoms with Crippen LogP contribution in [0.4, 0.5) is 5.69 Å². The van der Waals surface area contributed by atoms with Crippen LogP contribution >= 0.6 is 27.3 Å². The van der Waals surface area contributed by atoms with Crippen LogP contribution in [0.25, 0.3) is 0 Å². The number of nitrogens with one attached hydrogen (secondary N) is 1. The molecule has 1 amide bonds. The molecule has 0 spiro atoms. The summed E-state index contributed by atoms with van der Waals surface area (Å²) in [6.45, 7) is 3.31. The normalized spacial score (nSPS) is 10.3. The summed E-state index contributed by atoms with van der Waals surface area (Å²) in [7, 11) is 0. The van der Waals surface area contributed by atoms with Crippen molar-refractivity contribution in [2.45, 2.75) is 13.8 Å². The number of rotatable bonds is 3. The van der Waals surface area contributed by atoms with Crippen LogP contribution in [0.15, 0.2) is 28.1 Å². The van der Waals surface area contributed by atoms with Gasteiger partial charge in [-0.05, 0) is 53.5 Å². The van der Waals surface area contributed by atoms with Gasteiger partial charge in [0.2, 0.25) is 0 Å². The van der Waals surface area contributed by atoms with Crippen molar-refractivity contribution >= 4 is 44.6 Å². The number of aryl methyl sites for hydroxylation is 1. The third-order valence-corrected chi connectivity index (χ3v) is 4.30. The van der Waals surface area contributed by atoms with Gasteiger partial charge in [0, 0.05) is 5.38 Å². The van der Waals surface area contributed by atoms with Crippen molar-refractivity contribution in [3.05, 3.63) is 44.1 Å². The Kier molecular flexibility index (Phi) is 4.25. The number of ketones is 1. The topological polar surface area (TPSA) is 66.4 Å². The fraction of sp³-hybridized carbons (Fsp3) is 0.143. The molecule has 2 N–H and O–H groups in total. The lowest BCUT2D eigenvalue weighted by Crippen LogP contribution is -2.11. The number of hydrogen-bond donors (Lipinski definition) is 2. The van der Waals surface area contributed by atoms with Gasteiger partial charge in [-0.25, -0.2) is 0 Å². The van der Waals surface area contributed by atoms with Crippen molar-refractivity contribution in [1.29, 1.82) is 0 Å². The third-order valence-electron chi connectivity index (χ3n) is 2.66. The van der Waals surface area contributed by atoms with Gasteiger partial charge >= 0.3 is 0 Å². The zero-order chi connectivity index (χ0) is 14.9. The minimum atomic E-state index is -0.360. The van der Waals surface area contributed by atoms with Crippen LogP contribution in [-0.4, -0.2) is 16.8 Å². The Morgan fingerprint density at radius 3 is 2.60 bits per heavy atom. The number of phenols is 1. The molecule has 0 fully saturated rings. The highest BCUT2D eigenvalue weighted by Crippen LogP contribution is 2.33. The largest absolute Gasteiger partial charge is 0.505 e. The summed E-state index contributed by atoms with van der Waals surface area (Å²) in [5.74, 6) is -0.456. The van der Waals surface area contributed by atoms with Crippen molar-refractivity contribution in [2.75, 3.05) is 5.32 Å². The van der Waals surface area contributed by atoms with E-state index < -0.39 is 0 Å². The fourth-order valence-electron chi connectivity index (χ4n) is 1.66. The van der Waals surface area contributed by atoms with Gasteiger partial charge in [0.05, 0.1) is 20.6 Å². The molecule has 0 saturated heterocycles. The van der Waals surface area contributed by atoms with Crippen molar-refractivity contribution in [1.82, 2.24) is 0 Å². The number of thiophene rings is 1. The van der Waals surface area contributed by atoms with E-state index in [-0.39, 0.29) is 17.4 Å². The summed E-state index contributed by atoms with van der Waals surface area (Å²) >= 11 is 4.45. The Bertz CT molecular complexity index is 694. The molecule has 2 aromatic rings. The number of carbonyl (C=O) groups excluding carboxylic acids is 2. The Labute approximate surface area is 128 Å². The van der Waals surface area contributed by atoms with Gasteiger partial charge in [-0.15, -0.1) is 11.3 Å². The van der Waals surface area contributed by atoms with Gasteiger partial charge in [0.25, 0.3) is 5.91 Å². The smallest absolute Gasteiger partial charge is 0.256 e. The minimum Gasteiger partial charge on any atom is -0.505 e. The molecule has 4 nitrogen and oxygen atoms in total. The molecule has 0 unspecified atom stereocenters. The molecule has 2 rings (SSSR count). The van der Waals surface area contributed by atoms with Crippen LogP contribution in [-0.2, 0) is 0 Å². The van der Waals surface area contributed by atoms with Crippen molar-refractivity contribution in [3.63, 3.8) is 0 Å². The van der Waals surface area contributed by atoms with Crippen molar-refractivity contribution < 1.29 is 14.7 Å². The number of phenolic OH excluding ortho intramolecular Hbond substituents is 1. The first kappa shape index (κ1) is 14.7. The number of aromatic hydroxyl groups is 1. The van der Waals surface area contributed by atoms with Crippen molar-refractivity contribution in [3.8, 4) is 5.75 Å². The molecule has 0 saturated carbocycles. The van der Waals surface area contributed by atoms with Gasteiger partial charge in [0.1, 0.15) is 0 Å². The maximum atomic E-state index is 12.1. The zero-order valence-electron chi connectivity index (χ0n) is 10.9. The lowest BCUT2D eigenvalue weighted by atomic mass is 10.2. The Morgan fingerprint density at radius 2 is 2.00 bits per heavy atom. The molecular weight excluding hydrogens is 342 g/mol. The number of hydrogen-bond acceptors (Lipinski definition) is 4. The Balaban J connectivity index is 2.25. The lowest BCUT2D eigenvalue weighted by molar-refractivity contribution is 0.102. The average molecular weight is 354 g/mol. The van der Waals surface area contributed by atoms with E-state index in [9.17, 15) is 14.7 Å². The molecule has 0 atom stereocenters. The quantitative estimate of drug-likeness (QED) is 0.647. The summed E-state index contributed by atoms with van der Waals surface area (Å²) in [6, 6.07) is 4.98. The van der Waals surface area contributed by atoms with E-state index in [4.69, 9.17) is 0 Å². The van der Waals surface area contributed by atoms with E-state index in [2.05, 4.69) is 21.2 Å². The molecule has 0 aliphatic rings. The highest BCUT2D eigenvalue weighted by Gasteiger charge is 2.14. The predicted molar refractivity (Wildman–Crippen MR) is 82.8 cm³/mol. The van der Waals surface area contributed by atoms with Crippen LogP contribution in [0.3, 0.4) is 0 Å². The molecular formula is C14H12BrNO3S. The van der Waals surface area contributed by atoms with Crippen molar-refractivity contribution in [2.24, 2.45) is 0 Å². The highest BCUT2D eigenvalue weighted by atomic mass is 79.9. The van der Waals surface area contributed by atoms with Crippen LogP contribution < -0.4 is 5.32 Å². The summed E-state index contributed by atoms with van der Waals surface area (Å²) in [6.07, 6.45) is 0. The number of amides is 1. The average Bonchev–Trinajstić information content (AvgIpc) is 2.85. The number of anilines is 1. The SMILES string of the molecule is CC(=O)c1cc(C(=O)Nc2cc(C)cc(Br)c2O)cs1. The molecule has 1 aromatic heterocycles. The van der Waals surface area contributed by atoms with Gasteiger partial charge in [-0.2, -0.15) is 0 Å². The van der Waals surface area contributed by atoms with E-state index in [1.165, 1.54) is 18.3 Å². The van der Waals surface area contributed by atoms with E-state index in [1.54, 1.807) is 23.6 Å². The summed E-state index contributed by atoms with van der Waals surface area (Å²) in [5, 5.41) is 14.2. The van der Waals surface area contributed by atoms with Crippen LogP contribution in [0, 0.1) is 6.92 Å². The second-order valence-corrected chi connectivity index (χ2v) is 6.12. The standard InChI is InChI=1S/C14H12BrNO3S/c1-7-3-10(15)13(18)11(4-7)16-14(19)9-5-12(8(2)17)20-6-9/h3-6,18H,1-2H3,(H,16,19). The first-order chi connectivity index (χ1) is 9.38. The van der Waals surface area contributed by atoms with E-state index in [0.717, 1.165) is 5.56 Å². The maximum Gasteiger partial charge on any atom is 0.256 e. The number of Topliss-reactive ketones (excluding diaryl/α,β-unsaturated/α-hetero) is 1. The second kappa shape index (κ2) is 5.76. The summed E-state index contributed by atoms with van der Waals surface area (Å²) in [4.78, 5) is 23.8. The molecule has 1 heterocycles. The fourth-order valence-corrected chi connectivity index (χ4v) is 3.03. The molecule has 1 aromatic carbocycles. The first-order valence-electron chi connectivity index (χ1n) is 5.78. The number of carbonyl (C=O) groups is 2. The van der Waals surface area contributed by atoms with Gasteiger partial charge in [-0.3, -0.25) is 9.59 Å². The molecule has 6 heteroatoms. The molecule has 20 heavy (non-hydrogen) atoms. The molecule has 0 aliphatic carbocycles. The highest BCUT2D eigenvalue weighted by molar-refractivity contribution is 9.10. The molecule has 0 radical (unpaired) electrons. The van der Waals surface area contributed by atoms with Gasteiger partial charge in [-0.1, -0.05) is 0 Å². The van der Waals surface area contributed by atoms with Crippen LogP contribution in [0.2, 0.25) is 0 Å². The third kappa shape index (κ3) is 3.08. The van der Waals surface area contributed by atoms with E-state index >= 15 is 0 Å². The Hall–Kier alpha value is -1.66. The monoisotopic (exact) mass is 353 g/mol. The van der Waals surface area contributed by atoms with Crippen LogP contribution in [0.5, 0.6) is 5.75 Å². The molecule has 104 valence electrons. The second-order valence-electron chi connectivity index (χ2n) is 4.35. The van der Waals surface area contributed by atoms with E-state index in [1.807, 2.05) is 6.92 Å². The van der Waals surface area contributed by atoms with Gasteiger partial charge in [0.15, 0.2) is 11.5 Å². The molecule has 0 bridgehead atoms.